The van der Waals surface area contributed by atoms with Gasteiger partial charge >= 0.3 is 4.87 Å². The maximum Gasteiger partial charge on any atom is 0.310 e. The minimum absolute atomic E-state index is 0.0490. The van der Waals surface area contributed by atoms with E-state index >= 15 is 0 Å². The van der Waals surface area contributed by atoms with Gasteiger partial charge in [-0.05, 0) is 59.2 Å². The first-order chi connectivity index (χ1) is 18.3. The summed E-state index contributed by atoms with van der Waals surface area (Å²) in [6, 6.07) is 20.0. The van der Waals surface area contributed by atoms with Crippen LogP contribution in [-0.2, 0) is 11.3 Å². The molecule has 0 unspecified atom stereocenters. The van der Waals surface area contributed by atoms with E-state index in [1.807, 2.05) is 36.4 Å². The Morgan fingerprint density at radius 3 is 2.00 bits per heavy atom. The van der Waals surface area contributed by atoms with E-state index in [1.54, 1.807) is 64.7 Å². The number of rotatable bonds is 9. The van der Waals surface area contributed by atoms with Crippen molar-refractivity contribution in [1.29, 1.82) is 0 Å². The van der Waals surface area contributed by atoms with Gasteiger partial charge in [0.25, 0.3) is 5.91 Å². The van der Waals surface area contributed by atoms with E-state index in [9.17, 15) is 14.7 Å². The molecule has 1 amide bonds. The summed E-state index contributed by atoms with van der Waals surface area (Å²) in [5, 5.41) is 11.2. The number of aromatic nitrogens is 1. The maximum atomic E-state index is 13.0. The number of benzene rings is 3. The molecule has 1 N–H and O–H groups in total. The molecule has 1 heterocycles. The summed E-state index contributed by atoms with van der Waals surface area (Å²) in [4.78, 5) is 26.2. The Kier molecular flexibility index (Phi) is 8.18. The van der Waals surface area contributed by atoms with Crippen molar-refractivity contribution in [1.82, 2.24) is 9.47 Å². The molecular weight excluding hydrogens is 504 g/mol. The van der Waals surface area contributed by atoms with Crippen LogP contribution in [0.3, 0.4) is 0 Å². The minimum atomic E-state index is -0.213. The fourth-order valence-electron chi connectivity index (χ4n) is 3.74. The quantitative estimate of drug-likeness (QED) is 0.238. The number of likely N-dealkylation sites (N-methyl/N-ethyl adjacent to an activating group) is 1. The lowest BCUT2D eigenvalue weighted by Crippen LogP contribution is -2.22. The topological polar surface area (TPSA) is 90.2 Å². The van der Waals surface area contributed by atoms with E-state index in [2.05, 4.69) is 0 Å². The lowest BCUT2D eigenvalue weighted by molar-refractivity contribution is -0.122. The van der Waals surface area contributed by atoms with Gasteiger partial charge < -0.3 is 24.2 Å². The molecule has 196 valence electrons. The Balaban J connectivity index is 1.54. The first kappa shape index (κ1) is 26.6. The molecule has 8 nitrogen and oxygen atoms in total. The summed E-state index contributed by atoms with van der Waals surface area (Å²) in [5.74, 6) is 2.28. The lowest BCUT2D eigenvalue weighted by atomic mass is 10.0. The Labute approximate surface area is 224 Å². The van der Waals surface area contributed by atoms with E-state index in [1.165, 1.54) is 14.8 Å². The predicted octanol–water partition coefficient (Wildman–Crippen LogP) is 5.10. The largest absolute Gasteiger partial charge is 0.497 e. The van der Waals surface area contributed by atoms with Crippen molar-refractivity contribution in [2.24, 2.45) is 0 Å². The Hall–Kier alpha value is -4.50. The number of hydrogen-bond donors (Lipinski definition) is 1. The van der Waals surface area contributed by atoms with Crippen LogP contribution in [0.5, 0.6) is 28.9 Å². The van der Waals surface area contributed by atoms with Crippen molar-refractivity contribution in [3.63, 3.8) is 0 Å². The Bertz CT molecular complexity index is 1480. The highest BCUT2D eigenvalue weighted by Crippen LogP contribution is 2.29. The molecule has 4 aromatic rings. The average Bonchev–Trinajstić information content (AvgIpc) is 3.24. The molecule has 0 radical (unpaired) electrons. The van der Waals surface area contributed by atoms with Crippen LogP contribution >= 0.6 is 11.3 Å². The molecule has 0 fully saturated rings. The molecule has 0 aliphatic rings. The molecule has 0 aliphatic carbocycles. The number of amides is 1. The maximum absolute atomic E-state index is 13.0. The molecule has 0 saturated carbocycles. The van der Waals surface area contributed by atoms with Gasteiger partial charge in [0.2, 0.25) is 5.88 Å². The third-order valence-electron chi connectivity index (χ3n) is 5.75. The number of aromatic hydroxyl groups is 1. The van der Waals surface area contributed by atoms with Gasteiger partial charge in [-0.2, -0.15) is 0 Å². The Morgan fingerprint density at radius 1 is 0.921 bits per heavy atom. The summed E-state index contributed by atoms with van der Waals surface area (Å²) in [7, 11) is 6.58. The smallest absolute Gasteiger partial charge is 0.310 e. The van der Waals surface area contributed by atoms with E-state index in [-0.39, 0.29) is 23.2 Å². The minimum Gasteiger partial charge on any atom is -0.497 e. The third-order valence-corrected chi connectivity index (χ3v) is 6.50. The molecule has 1 aromatic heterocycles. The van der Waals surface area contributed by atoms with Crippen LogP contribution in [0.4, 0.5) is 0 Å². The van der Waals surface area contributed by atoms with Gasteiger partial charge in [0.1, 0.15) is 23.0 Å². The van der Waals surface area contributed by atoms with Gasteiger partial charge in [0, 0.05) is 25.7 Å². The Morgan fingerprint density at radius 2 is 1.50 bits per heavy atom. The SMILES string of the molecule is COc1cc(C=C(C(=O)N(C)C)c2ccc(Oc3ccc(Cn4c(O)csc4=O)cc3)cc2)cc(OC)c1. The number of methoxy groups -OCH3 is 2. The lowest BCUT2D eigenvalue weighted by Gasteiger charge is -2.15. The van der Waals surface area contributed by atoms with Crippen LogP contribution in [0, 0.1) is 0 Å². The molecule has 3 aromatic carbocycles. The number of carbonyl (C=O) groups excluding carboxylic acids is 1. The number of hydrogen-bond acceptors (Lipinski definition) is 7. The second kappa shape index (κ2) is 11.7. The summed E-state index contributed by atoms with van der Waals surface area (Å²) < 4.78 is 18.0. The molecule has 0 atom stereocenters. The van der Waals surface area contributed by atoms with Crippen LogP contribution in [0.1, 0.15) is 16.7 Å². The van der Waals surface area contributed by atoms with Gasteiger partial charge in [-0.15, -0.1) is 0 Å². The number of thiazole rings is 1. The fraction of sp³-hybridized carbons (Fsp3) is 0.172. The fourth-order valence-corrected chi connectivity index (χ4v) is 4.36. The van der Waals surface area contributed by atoms with Gasteiger partial charge in [-0.1, -0.05) is 35.6 Å². The second-order valence-electron chi connectivity index (χ2n) is 8.62. The van der Waals surface area contributed by atoms with Crippen molar-refractivity contribution in [3.05, 3.63) is 98.5 Å². The zero-order chi connectivity index (χ0) is 27.2. The number of ether oxygens (including phenoxy) is 3. The van der Waals surface area contributed by atoms with E-state index in [4.69, 9.17) is 14.2 Å². The molecule has 0 aliphatic heterocycles. The van der Waals surface area contributed by atoms with Crippen LogP contribution in [0.2, 0.25) is 0 Å². The van der Waals surface area contributed by atoms with Crippen molar-refractivity contribution in [3.8, 4) is 28.9 Å². The summed E-state index contributed by atoms with van der Waals surface area (Å²) in [6.07, 6.45) is 1.80. The van der Waals surface area contributed by atoms with Gasteiger partial charge in [0.05, 0.1) is 26.1 Å². The zero-order valence-corrected chi connectivity index (χ0v) is 22.3. The van der Waals surface area contributed by atoms with Crippen molar-refractivity contribution in [2.75, 3.05) is 28.3 Å². The highest BCUT2D eigenvalue weighted by Gasteiger charge is 2.15. The van der Waals surface area contributed by atoms with Crippen LogP contribution in [-0.4, -0.2) is 48.8 Å². The molecule has 38 heavy (non-hydrogen) atoms. The summed E-state index contributed by atoms with van der Waals surface area (Å²) in [6.45, 7) is 0.275. The normalized spacial score (nSPS) is 11.2. The standard InChI is InChI=1S/C29H28N2O6S/c1-30(2)28(33)26(15-20-13-24(35-3)16-25(14-20)36-4)21-7-11-23(12-8-21)37-22-9-5-19(6-10-22)17-31-27(32)18-38-29(31)34/h5-16,18,32H,17H2,1-4H3. The van der Waals surface area contributed by atoms with E-state index < -0.39 is 0 Å². The molecule has 0 saturated heterocycles. The first-order valence-electron chi connectivity index (χ1n) is 11.7. The van der Waals surface area contributed by atoms with Gasteiger partial charge in [0.15, 0.2) is 0 Å². The van der Waals surface area contributed by atoms with E-state index in [0.717, 1.165) is 28.0 Å². The molecule has 0 bridgehead atoms. The van der Waals surface area contributed by atoms with Crippen molar-refractivity contribution >= 4 is 28.9 Å². The average molecular weight is 533 g/mol. The molecule has 4 rings (SSSR count). The van der Waals surface area contributed by atoms with Gasteiger partial charge in [-0.25, -0.2) is 0 Å². The summed E-state index contributed by atoms with van der Waals surface area (Å²) in [5.41, 5.74) is 2.86. The highest BCUT2D eigenvalue weighted by molar-refractivity contribution is 7.07. The van der Waals surface area contributed by atoms with E-state index in [0.29, 0.717) is 28.6 Å². The monoisotopic (exact) mass is 532 g/mol. The molecule has 0 spiro atoms. The number of nitrogens with zero attached hydrogens (tertiary/aromatic N) is 2. The van der Waals surface area contributed by atoms with Crippen molar-refractivity contribution in [2.45, 2.75) is 6.54 Å². The molecular formula is C29H28N2O6S. The highest BCUT2D eigenvalue weighted by atomic mass is 32.1. The zero-order valence-electron chi connectivity index (χ0n) is 21.5. The van der Waals surface area contributed by atoms with Crippen LogP contribution in [0.25, 0.3) is 11.6 Å². The van der Waals surface area contributed by atoms with Crippen LogP contribution < -0.4 is 19.1 Å². The first-order valence-corrected chi connectivity index (χ1v) is 12.6. The second-order valence-corrected chi connectivity index (χ2v) is 9.44. The van der Waals surface area contributed by atoms with Gasteiger partial charge in [-0.3, -0.25) is 14.2 Å². The number of carbonyl (C=O) groups is 1. The van der Waals surface area contributed by atoms with Crippen LogP contribution in [0.15, 0.2) is 76.9 Å². The summed E-state index contributed by atoms with van der Waals surface area (Å²) >= 11 is 0.959. The molecule has 9 heteroatoms. The van der Waals surface area contributed by atoms with Crippen molar-refractivity contribution < 1.29 is 24.1 Å². The third kappa shape index (κ3) is 6.24. The predicted molar refractivity (Wildman–Crippen MR) is 148 cm³/mol.